The number of hydrogen-bond donors (Lipinski definition) is 0. The van der Waals surface area contributed by atoms with Crippen LogP contribution < -0.4 is 0 Å². The molecule has 0 aliphatic heterocycles. The number of rotatable bonds is 6. The van der Waals surface area contributed by atoms with Crippen LogP contribution in [-0.2, 0) is 14.3 Å². The van der Waals surface area contributed by atoms with Crippen molar-refractivity contribution in [2.24, 2.45) is 0 Å². The maximum absolute atomic E-state index is 13.5. The molecular weight excluding hydrogens is 450 g/mol. The zero-order valence-electron chi connectivity index (χ0n) is 17.4. The maximum atomic E-state index is 13.5. The molecule has 174 valence electrons. The number of Topliss-reactive ketones (excluding diaryl/α,β-unsaturated/α-hetero) is 1. The molecule has 0 saturated carbocycles. The van der Waals surface area contributed by atoms with Gasteiger partial charge in [0.05, 0.1) is 12.2 Å². The lowest BCUT2D eigenvalue weighted by Gasteiger charge is -2.02. The molecule has 3 rings (SSSR count). The van der Waals surface area contributed by atoms with Crippen LogP contribution in [0.2, 0.25) is 0 Å². The van der Waals surface area contributed by atoms with Gasteiger partial charge in [-0.15, -0.1) is 0 Å². The van der Waals surface area contributed by atoms with E-state index in [9.17, 15) is 31.9 Å². The Kier molecular flexibility index (Phi) is 8.84. The van der Waals surface area contributed by atoms with Crippen molar-refractivity contribution in [1.29, 1.82) is 0 Å². The zero-order chi connectivity index (χ0) is 24.5. The topological polar surface area (TPSA) is 95.7 Å². The summed E-state index contributed by atoms with van der Waals surface area (Å²) in [5, 5.41) is 0. The van der Waals surface area contributed by atoms with Crippen molar-refractivity contribution in [2.45, 2.75) is 13.8 Å². The molecule has 0 aliphatic rings. The van der Waals surface area contributed by atoms with E-state index in [-0.39, 0.29) is 29.3 Å². The van der Waals surface area contributed by atoms with E-state index >= 15 is 0 Å². The Morgan fingerprint density at radius 1 is 0.939 bits per heavy atom. The molecule has 0 saturated heterocycles. The summed E-state index contributed by atoms with van der Waals surface area (Å²) in [6.45, 7) is 2.41. The Morgan fingerprint density at radius 3 is 2.15 bits per heavy atom. The summed E-state index contributed by atoms with van der Waals surface area (Å²) < 4.78 is 65.7. The minimum Gasteiger partial charge on any atom is -0.459 e. The number of oxazole rings is 1. The minimum absolute atomic E-state index is 0.0516. The van der Waals surface area contributed by atoms with Crippen LogP contribution in [0.4, 0.5) is 17.6 Å². The van der Waals surface area contributed by atoms with Crippen LogP contribution in [0.5, 0.6) is 0 Å². The van der Waals surface area contributed by atoms with E-state index in [0.29, 0.717) is 6.07 Å². The largest absolute Gasteiger partial charge is 0.459 e. The van der Waals surface area contributed by atoms with Gasteiger partial charge in [-0.25, -0.2) is 27.3 Å². The van der Waals surface area contributed by atoms with Crippen molar-refractivity contribution in [3.05, 3.63) is 77.4 Å². The molecule has 11 heteroatoms. The van der Waals surface area contributed by atoms with Crippen molar-refractivity contribution in [1.82, 2.24) is 4.98 Å². The van der Waals surface area contributed by atoms with Gasteiger partial charge in [-0.2, -0.15) is 0 Å². The molecule has 0 radical (unpaired) electrons. The molecule has 7 nitrogen and oxygen atoms in total. The van der Waals surface area contributed by atoms with Crippen LogP contribution >= 0.6 is 0 Å². The van der Waals surface area contributed by atoms with Gasteiger partial charge in [-0.1, -0.05) is 0 Å². The summed E-state index contributed by atoms with van der Waals surface area (Å²) >= 11 is 0. The van der Waals surface area contributed by atoms with E-state index in [1.165, 1.54) is 6.07 Å². The van der Waals surface area contributed by atoms with Crippen molar-refractivity contribution >= 4 is 17.7 Å². The van der Waals surface area contributed by atoms with E-state index in [1.54, 1.807) is 6.92 Å². The molecule has 0 unspecified atom stereocenters. The second kappa shape index (κ2) is 11.6. The Bertz CT molecular complexity index is 1160. The molecule has 0 bridgehead atoms. The third kappa shape index (κ3) is 7.27. The first-order valence-electron chi connectivity index (χ1n) is 9.32. The van der Waals surface area contributed by atoms with E-state index in [1.807, 2.05) is 0 Å². The molecule has 0 fully saturated rings. The fourth-order valence-electron chi connectivity index (χ4n) is 2.34. The Morgan fingerprint density at radius 2 is 1.58 bits per heavy atom. The smallest absolute Gasteiger partial charge is 0.394 e. The van der Waals surface area contributed by atoms with E-state index in [0.717, 1.165) is 37.5 Å². The molecule has 0 aliphatic carbocycles. The van der Waals surface area contributed by atoms with E-state index in [2.05, 4.69) is 14.5 Å². The van der Waals surface area contributed by atoms with Gasteiger partial charge in [-0.05, 0) is 31.2 Å². The summed E-state index contributed by atoms with van der Waals surface area (Å²) in [5.41, 5.74) is -0.135. The van der Waals surface area contributed by atoms with Gasteiger partial charge in [0, 0.05) is 24.6 Å². The SMILES string of the molecule is CC(=O)OCC(=O)c1ccc(F)cc1F.CCOC(=O)c1nc(-c2ccc(F)cc2F)co1. The average molecular weight is 467 g/mol. The second-order valence-corrected chi connectivity index (χ2v) is 6.21. The van der Waals surface area contributed by atoms with Gasteiger partial charge >= 0.3 is 17.8 Å². The lowest BCUT2D eigenvalue weighted by atomic mass is 10.1. The van der Waals surface area contributed by atoms with Crippen molar-refractivity contribution in [3.8, 4) is 11.3 Å². The summed E-state index contributed by atoms with van der Waals surface area (Å²) in [7, 11) is 0. The number of carbonyl (C=O) groups excluding carboxylic acids is 3. The van der Waals surface area contributed by atoms with Gasteiger partial charge in [0.2, 0.25) is 5.78 Å². The van der Waals surface area contributed by atoms with Crippen molar-refractivity contribution in [3.63, 3.8) is 0 Å². The first-order chi connectivity index (χ1) is 15.6. The predicted molar refractivity (Wildman–Crippen MR) is 105 cm³/mol. The number of nitrogens with zero attached hydrogens (tertiary/aromatic N) is 1. The lowest BCUT2D eigenvalue weighted by Crippen LogP contribution is -2.13. The molecule has 1 aromatic heterocycles. The molecule has 2 aromatic carbocycles. The van der Waals surface area contributed by atoms with E-state index in [4.69, 9.17) is 4.42 Å². The van der Waals surface area contributed by atoms with Crippen LogP contribution in [0.15, 0.2) is 47.1 Å². The van der Waals surface area contributed by atoms with Gasteiger partial charge in [0.1, 0.15) is 35.2 Å². The quantitative estimate of drug-likeness (QED) is 0.299. The number of ketones is 1. The highest BCUT2D eigenvalue weighted by atomic mass is 19.1. The minimum atomic E-state index is -0.966. The molecule has 1 heterocycles. The molecule has 0 spiro atoms. The number of benzene rings is 2. The molecule has 3 aromatic rings. The third-order valence-electron chi connectivity index (χ3n) is 3.80. The molecule has 33 heavy (non-hydrogen) atoms. The summed E-state index contributed by atoms with van der Waals surface area (Å²) in [5.74, 6) is -5.54. The van der Waals surface area contributed by atoms with Gasteiger partial charge < -0.3 is 13.9 Å². The fraction of sp³-hybridized carbons (Fsp3) is 0.182. The Hall–Kier alpha value is -4.02. The maximum Gasteiger partial charge on any atom is 0.394 e. The summed E-state index contributed by atoms with van der Waals surface area (Å²) in [4.78, 5) is 36.7. The highest BCUT2D eigenvalue weighted by Crippen LogP contribution is 2.23. The summed E-state index contributed by atoms with van der Waals surface area (Å²) in [6.07, 6.45) is 1.11. The lowest BCUT2D eigenvalue weighted by molar-refractivity contribution is -0.139. The number of aromatic nitrogens is 1. The zero-order valence-corrected chi connectivity index (χ0v) is 17.4. The normalized spacial score (nSPS) is 10.1. The Balaban J connectivity index is 0.000000238. The Labute approximate surface area is 184 Å². The predicted octanol–water partition coefficient (Wildman–Crippen LogP) is 4.51. The highest BCUT2D eigenvalue weighted by molar-refractivity contribution is 5.98. The van der Waals surface area contributed by atoms with Gasteiger partial charge in [0.25, 0.3) is 0 Å². The second-order valence-electron chi connectivity index (χ2n) is 6.21. The molecule has 0 amide bonds. The molecular formula is C22H17F4NO6. The monoisotopic (exact) mass is 467 g/mol. The number of carbonyl (C=O) groups is 3. The van der Waals surface area contributed by atoms with Crippen LogP contribution in [0.25, 0.3) is 11.3 Å². The number of hydrogen-bond acceptors (Lipinski definition) is 7. The summed E-state index contributed by atoms with van der Waals surface area (Å²) in [6, 6.07) is 5.62. The van der Waals surface area contributed by atoms with Crippen molar-refractivity contribution in [2.75, 3.05) is 13.2 Å². The number of esters is 2. The highest BCUT2D eigenvalue weighted by Gasteiger charge is 2.17. The van der Waals surface area contributed by atoms with Crippen LogP contribution in [0, 0.1) is 23.3 Å². The third-order valence-corrected chi connectivity index (χ3v) is 3.80. The van der Waals surface area contributed by atoms with Gasteiger partial charge in [-0.3, -0.25) is 9.59 Å². The first-order valence-corrected chi connectivity index (χ1v) is 9.32. The number of ether oxygens (including phenoxy) is 2. The fourth-order valence-corrected chi connectivity index (χ4v) is 2.34. The molecule has 0 atom stereocenters. The first kappa shape index (κ1) is 25.2. The van der Waals surface area contributed by atoms with Crippen LogP contribution in [-0.4, -0.2) is 35.9 Å². The van der Waals surface area contributed by atoms with Gasteiger partial charge in [0.15, 0.2) is 6.61 Å². The van der Waals surface area contributed by atoms with Crippen LogP contribution in [0.3, 0.4) is 0 Å². The van der Waals surface area contributed by atoms with E-state index < -0.39 is 47.6 Å². The average Bonchev–Trinajstić information content (AvgIpc) is 3.23. The molecule has 0 N–H and O–H groups in total. The number of halogens is 4. The van der Waals surface area contributed by atoms with Crippen molar-refractivity contribution < 1.29 is 45.8 Å². The standard InChI is InChI=1S/C12H9F2NO3.C10H8F2O3/c1-2-17-12(16)11-15-10(6-18-11)8-4-3-7(13)5-9(8)14;1-6(13)15-5-10(14)8-3-2-7(11)4-9(8)12/h3-6H,2H2,1H3;2-4H,5H2,1H3. The van der Waals surface area contributed by atoms with Crippen LogP contribution in [0.1, 0.15) is 34.9 Å².